The Labute approximate surface area is 98.9 Å². The van der Waals surface area contributed by atoms with Crippen molar-refractivity contribution in [2.24, 2.45) is 5.92 Å². The van der Waals surface area contributed by atoms with Crippen molar-refractivity contribution in [1.29, 1.82) is 0 Å². The topological polar surface area (TPSA) is 51.8 Å². The molecule has 0 saturated heterocycles. The van der Waals surface area contributed by atoms with E-state index in [4.69, 9.17) is 5.73 Å². The Morgan fingerprint density at radius 3 is 3.00 bits per heavy atom. The van der Waals surface area contributed by atoms with Crippen molar-refractivity contribution in [2.45, 2.75) is 48.6 Å². The van der Waals surface area contributed by atoms with Crippen molar-refractivity contribution in [2.75, 3.05) is 5.73 Å². The molecule has 3 nitrogen and oxygen atoms in total. The monoisotopic (exact) mass is 243 g/mol. The van der Waals surface area contributed by atoms with E-state index in [1.165, 1.54) is 43.4 Å². The SMILES string of the molecule is CCC1CCCC(Sc2nnc(N)s2)C1. The van der Waals surface area contributed by atoms with Crippen molar-refractivity contribution < 1.29 is 0 Å². The molecule has 1 aromatic heterocycles. The Kier molecular flexibility index (Phi) is 3.86. The van der Waals surface area contributed by atoms with E-state index in [2.05, 4.69) is 17.1 Å². The molecule has 0 spiro atoms. The Balaban J connectivity index is 1.88. The van der Waals surface area contributed by atoms with Gasteiger partial charge in [0.05, 0.1) is 0 Å². The first-order chi connectivity index (χ1) is 7.28. The predicted octanol–water partition coefficient (Wildman–Crippen LogP) is 3.18. The van der Waals surface area contributed by atoms with Crippen LogP contribution in [0, 0.1) is 5.92 Å². The molecule has 5 heteroatoms. The molecule has 0 aromatic carbocycles. The zero-order valence-corrected chi connectivity index (χ0v) is 10.6. The number of hydrogen-bond donors (Lipinski definition) is 1. The van der Waals surface area contributed by atoms with E-state index < -0.39 is 0 Å². The van der Waals surface area contributed by atoms with Crippen LogP contribution in [0.2, 0.25) is 0 Å². The molecule has 1 aromatic rings. The third kappa shape index (κ3) is 3.08. The molecule has 0 aliphatic heterocycles. The van der Waals surface area contributed by atoms with Gasteiger partial charge < -0.3 is 5.73 Å². The third-order valence-electron chi connectivity index (χ3n) is 3.00. The predicted molar refractivity (Wildman–Crippen MR) is 66.2 cm³/mol. The zero-order chi connectivity index (χ0) is 10.7. The molecule has 1 heterocycles. The fourth-order valence-corrected chi connectivity index (χ4v) is 4.36. The van der Waals surface area contributed by atoms with E-state index in [9.17, 15) is 0 Å². The zero-order valence-electron chi connectivity index (χ0n) is 8.98. The Hall–Kier alpha value is -0.290. The maximum absolute atomic E-state index is 5.57. The van der Waals surface area contributed by atoms with Gasteiger partial charge in [-0.15, -0.1) is 10.2 Å². The van der Waals surface area contributed by atoms with Crippen LogP contribution in [0.1, 0.15) is 39.0 Å². The van der Waals surface area contributed by atoms with Gasteiger partial charge in [0, 0.05) is 5.25 Å². The lowest BCUT2D eigenvalue weighted by Crippen LogP contribution is -2.16. The van der Waals surface area contributed by atoms with Crippen LogP contribution in [0.5, 0.6) is 0 Å². The molecule has 1 aliphatic carbocycles. The van der Waals surface area contributed by atoms with E-state index >= 15 is 0 Å². The quantitative estimate of drug-likeness (QED) is 0.886. The molecule has 2 unspecified atom stereocenters. The summed E-state index contributed by atoms with van der Waals surface area (Å²) in [6.45, 7) is 2.29. The summed E-state index contributed by atoms with van der Waals surface area (Å²) in [5, 5.41) is 9.23. The number of rotatable bonds is 3. The molecule has 1 fully saturated rings. The van der Waals surface area contributed by atoms with Crippen molar-refractivity contribution in [3.05, 3.63) is 0 Å². The molecule has 2 rings (SSSR count). The summed E-state index contributed by atoms with van der Waals surface area (Å²) in [7, 11) is 0. The first-order valence-corrected chi connectivity index (χ1v) is 7.23. The number of aromatic nitrogens is 2. The number of nitrogens with zero attached hydrogens (tertiary/aromatic N) is 2. The van der Waals surface area contributed by atoms with Crippen LogP contribution in [0.4, 0.5) is 5.13 Å². The number of nitrogens with two attached hydrogens (primary N) is 1. The van der Waals surface area contributed by atoms with Gasteiger partial charge >= 0.3 is 0 Å². The maximum atomic E-state index is 5.57. The van der Waals surface area contributed by atoms with Gasteiger partial charge in [0.2, 0.25) is 5.13 Å². The van der Waals surface area contributed by atoms with Crippen LogP contribution in [-0.4, -0.2) is 15.4 Å². The van der Waals surface area contributed by atoms with Crippen LogP contribution >= 0.6 is 23.1 Å². The van der Waals surface area contributed by atoms with Gasteiger partial charge in [-0.2, -0.15) is 0 Å². The molecule has 2 N–H and O–H groups in total. The van der Waals surface area contributed by atoms with Gasteiger partial charge in [-0.25, -0.2) is 0 Å². The van der Waals surface area contributed by atoms with Crippen LogP contribution in [-0.2, 0) is 0 Å². The lowest BCUT2D eigenvalue weighted by Gasteiger charge is -2.27. The standard InChI is InChI=1S/C10H17N3S2/c1-2-7-4-3-5-8(6-7)14-10-13-12-9(11)15-10/h7-8H,2-6H2,1H3,(H2,11,12). The maximum Gasteiger partial charge on any atom is 0.203 e. The Morgan fingerprint density at radius 1 is 1.47 bits per heavy atom. The highest BCUT2D eigenvalue weighted by Gasteiger charge is 2.22. The van der Waals surface area contributed by atoms with Crippen molar-refractivity contribution in [1.82, 2.24) is 10.2 Å². The second-order valence-corrected chi connectivity index (χ2v) is 6.64. The van der Waals surface area contributed by atoms with Crippen molar-refractivity contribution in [3.8, 4) is 0 Å². The minimum atomic E-state index is 0.584. The third-order valence-corrected chi connectivity index (χ3v) is 5.13. The van der Waals surface area contributed by atoms with E-state index in [1.54, 1.807) is 0 Å². The molecule has 1 aliphatic rings. The van der Waals surface area contributed by atoms with Crippen LogP contribution in [0.15, 0.2) is 4.34 Å². The fraction of sp³-hybridized carbons (Fsp3) is 0.800. The average molecular weight is 243 g/mol. The average Bonchev–Trinajstić information content (AvgIpc) is 2.64. The Morgan fingerprint density at radius 2 is 2.33 bits per heavy atom. The molecule has 84 valence electrons. The first-order valence-electron chi connectivity index (χ1n) is 5.53. The molecular formula is C10H17N3S2. The van der Waals surface area contributed by atoms with Crippen LogP contribution in [0.3, 0.4) is 0 Å². The first kappa shape index (κ1) is 11.2. The Bertz CT molecular complexity index is 313. The van der Waals surface area contributed by atoms with Crippen LogP contribution < -0.4 is 5.73 Å². The van der Waals surface area contributed by atoms with Crippen molar-refractivity contribution in [3.63, 3.8) is 0 Å². The minimum absolute atomic E-state index is 0.584. The van der Waals surface area contributed by atoms with Gasteiger partial charge in [-0.05, 0) is 18.8 Å². The highest BCUT2D eigenvalue weighted by Crippen LogP contribution is 2.38. The smallest absolute Gasteiger partial charge is 0.203 e. The van der Waals surface area contributed by atoms with Gasteiger partial charge in [0.25, 0.3) is 0 Å². The summed E-state index contributed by atoms with van der Waals surface area (Å²) >= 11 is 3.38. The lowest BCUT2D eigenvalue weighted by atomic mass is 9.87. The van der Waals surface area contributed by atoms with Gasteiger partial charge in [-0.3, -0.25) is 0 Å². The molecule has 2 atom stereocenters. The van der Waals surface area contributed by atoms with E-state index in [1.807, 2.05) is 11.8 Å². The second-order valence-electron chi connectivity index (χ2n) is 4.09. The summed E-state index contributed by atoms with van der Waals surface area (Å²) in [4.78, 5) is 0. The number of thioether (sulfide) groups is 1. The van der Waals surface area contributed by atoms with Gasteiger partial charge in [0.1, 0.15) is 0 Å². The van der Waals surface area contributed by atoms with Crippen molar-refractivity contribution >= 4 is 28.2 Å². The molecule has 15 heavy (non-hydrogen) atoms. The van der Waals surface area contributed by atoms with Gasteiger partial charge in [0.15, 0.2) is 4.34 Å². The summed E-state index contributed by atoms with van der Waals surface area (Å²) in [5.74, 6) is 0.918. The second kappa shape index (κ2) is 5.16. The molecule has 0 amide bonds. The summed E-state index contributed by atoms with van der Waals surface area (Å²) in [6.07, 6.45) is 6.74. The molecule has 1 saturated carbocycles. The summed E-state index contributed by atoms with van der Waals surface area (Å²) < 4.78 is 1.04. The number of nitrogen functional groups attached to an aromatic ring is 1. The summed E-state index contributed by atoms with van der Waals surface area (Å²) in [5.41, 5.74) is 5.57. The van der Waals surface area contributed by atoms with Crippen LogP contribution in [0.25, 0.3) is 0 Å². The largest absolute Gasteiger partial charge is 0.374 e. The molecule has 0 bridgehead atoms. The number of hydrogen-bond acceptors (Lipinski definition) is 5. The lowest BCUT2D eigenvalue weighted by molar-refractivity contribution is 0.357. The molecular weight excluding hydrogens is 226 g/mol. The van der Waals surface area contributed by atoms with E-state index in [0.717, 1.165) is 15.5 Å². The van der Waals surface area contributed by atoms with Gasteiger partial charge in [-0.1, -0.05) is 49.3 Å². The highest BCUT2D eigenvalue weighted by atomic mass is 32.2. The highest BCUT2D eigenvalue weighted by molar-refractivity contribution is 8.01. The minimum Gasteiger partial charge on any atom is -0.374 e. The van der Waals surface area contributed by atoms with E-state index in [-0.39, 0.29) is 0 Å². The fourth-order valence-electron chi connectivity index (χ4n) is 2.13. The normalized spacial score (nSPS) is 26.7. The summed E-state index contributed by atoms with van der Waals surface area (Å²) in [6, 6.07) is 0. The number of anilines is 1. The van der Waals surface area contributed by atoms with E-state index in [0.29, 0.717) is 5.13 Å². The molecule has 0 radical (unpaired) electrons.